The molecule has 1 aliphatic heterocycles. The van der Waals surface area contributed by atoms with Gasteiger partial charge in [0.25, 0.3) is 0 Å². The summed E-state index contributed by atoms with van der Waals surface area (Å²) in [6.45, 7) is 5.33. The average Bonchev–Trinajstić information content (AvgIpc) is 1.85. The number of hydrogen-bond donors (Lipinski definition) is 0. The van der Waals surface area contributed by atoms with Gasteiger partial charge in [-0.15, -0.1) is 0 Å². The molecule has 0 saturated carbocycles. The summed E-state index contributed by atoms with van der Waals surface area (Å²) < 4.78 is 5.36. The lowest BCUT2D eigenvalue weighted by molar-refractivity contribution is -0.118. The highest BCUT2D eigenvalue weighted by atomic mass is 16.5. The maximum absolute atomic E-state index is 10.9. The minimum absolute atomic E-state index is 0.0255. The highest BCUT2D eigenvalue weighted by Gasteiger charge is 2.21. The van der Waals surface area contributed by atoms with Gasteiger partial charge in [0.05, 0.1) is 0 Å². The number of ketones is 1. The van der Waals surface area contributed by atoms with Gasteiger partial charge in [0.15, 0.2) is 11.5 Å². The van der Waals surface area contributed by atoms with Gasteiger partial charge >= 0.3 is 0 Å². The molecular formula is C9H12O2. The summed E-state index contributed by atoms with van der Waals surface area (Å²) in [6.07, 6.45) is 5.45. The molecule has 0 N–H and O–H groups in total. The third-order valence-electron chi connectivity index (χ3n) is 1.47. The summed E-state index contributed by atoms with van der Waals surface area (Å²) in [5, 5.41) is 0. The number of allylic oxidation sites excluding steroid dienone is 3. The van der Waals surface area contributed by atoms with Crippen molar-refractivity contribution >= 4 is 5.78 Å². The van der Waals surface area contributed by atoms with Crippen molar-refractivity contribution in [2.75, 3.05) is 0 Å². The van der Waals surface area contributed by atoms with Gasteiger partial charge in [0.1, 0.15) is 5.60 Å². The highest BCUT2D eigenvalue weighted by Crippen LogP contribution is 2.20. The zero-order valence-corrected chi connectivity index (χ0v) is 7.05. The first-order chi connectivity index (χ1) is 5.01. The lowest BCUT2D eigenvalue weighted by Gasteiger charge is -2.25. The third-order valence-corrected chi connectivity index (χ3v) is 1.47. The van der Waals surface area contributed by atoms with E-state index in [1.165, 1.54) is 6.92 Å². The monoisotopic (exact) mass is 152 g/mol. The maximum atomic E-state index is 10.9. The lowest BCUT2D eigenvalue weighted by atomic mass is 10.1. The molecule has 1 rings (SSSR count). The lowest BCUT2D eigenvalue weighted by Crippen LogP contribution is -2.24. The van der Waals surface area contributed by atoms with E-state index in [1.807, 2.05) is 26.0 Å². The van der Waals surface area contributed by atoms with Crippen LogP contribution in [0.15, 0.2) is 24.0 Å². The van der Waals surface area contributed by atoms with Crippen molar-refractivity contribution < 1.29 is 9.53 Å². The minimum Gasteiger partial charge on any atom is -0.480 e. The predicted molar refractivity (Wildman–Crippen MR) is 43.1 cm³/mol. The van der Waals surface area contributed by atoms with Crippen molar-refractivity contribution in [1.29, 1.82) is 0 Å². The van der Waals surface area contributed by atoms with Crippen molar-refractivity contribution in [2.45, 2.75) is 26.4 Å². The van der Waals surface area contributed by atoms with Crippen molar-refractivity contribution in [3.63, 3.8) is 0 Å². The Morgan fingerprint density at radius 1 is 1.55 bits per heavy atom. The van der Waals surface area contributed by atoms with E-state index in [9.17, 15) is 4.79 Å². The largest absolute Gasteiger partial charge is 0.480 e. The average molecular weight is 152 g/mol. The topological polar surface area (TPSA) is 26.3 Å². The minimum atomic E-state index is -0.338. The van der Waals surface area contributed by atoms with Gasteiger partial charge in [-0.25, -0.2) is 0 Å². The second-order valence-electron chi connectivity index (χ2n) is 3.15. The van der Waals surface area contributed by atoms with Gasteiger partial charge in [0, 0.05) is 6.92 Å². The summed E-state index contributed by atoms with van der Waals surface area (Å²) in [6, 6.07) is 0. The fourth-order valence-electron chi connectivity index (χ4n) is 0.908. The van der Waals surface area contributed by atoms with Crippen LogP contribution in [0.5, 0.6) is 0 Å². The molecular weight excluding hydrogens is 140 g/mol. The van der Waals surface area contributed by atoms with Crippen LogP contribution in [-0.4, -0.2) is 11.4 Å². The quantitative estimate of drug-likeness (QED) is 0.573. The molecule has 0 aromatic heterocycles. The fraction of sp³-hybridized carbons (Fsp3) is 0.444. The van der Waals surface area contributed by atoms with Crippen LogP contribution in [0.1, 0.15) is 20.8 Å². The Morgan fingerprint density at radius 3 is 2.55 bits per heavy atom. The van der Waals surface area contributed by atoms with E-state index >= 15 is 0 Å². The Balaban J connectivity index is 2.81. The number of rotatable bonds is 1. The van der Waals surface area contributed by atoms with E-state index in [-0.39, 0.29) is 11.4 Å². The predicted octanol–water partition coefficient (Wildman–Crippen LogP) is 1.82. The SMILES string of the molecule is CC(=O)C1=CC=CC(C)(C)O1. The van der Waals surface area contributed by atoms with Crippen LogP contribution in [0.25, 0.3) is 0 Å². The normalized spacial score (nSPS) is 20.5. The molecule has 60 valence electrons. The van der Waals surface area contributed by atoms with Gasteiger partial charge in [0.2, 0.25) is 0 Å². The van der Waals surface area contributed by atoms with Crippen LogP contribution in [-0.2, 0) is 9.53 Å². The van der Waals surface area contributed by atoms with E-state index in [0.29, 0.717) is 5.76 Å². The smallest absolute Gasteiger partial charge is 0.194 e. The first-order valence-corrected chi connectivity index (χ1v) is 3.61. The molecule has 0 fully saturated rings. The molecule has 0 spiro atoms. The molecule has 0 unspecified atom stereocenters. The first-order valence-electron chi connectivity index (χ1n) is 3.61. The van der Waals surface area contributed by atoms with Crippen molar-refractivity contribution in [2.24, 2.45) is 0 Å². The summed E-state index contributed by atoms with van der Waals surface area (Å²) in [4.78, 5) is 10.9. The summed E-state index contributed by atoms with van der Waals surface area (Å²) in [5.41, 5.74) is -0.338. The standard InChI is InChI=1S/C9H12O2/c1-7(10)8-5-4-6-9(2,3)11-8/h4-6H,1-3H3. The molecule has 1 heterocycles. The number of carbonyl (C=O) groups is 1. The van der Waals surface area contributed by atoms with Crippen LogP contribution < -0.4 is 0 Å². The van der Waals surface area contributed by atoms with E-state index in [2.05, 4.69) is 0 Å². The highest BCUT2D eigenvalue weighted by molar-refractivity contribution is 5.91. The number of carbonyl (C=O) groups excluding carboxylic acids is 1. The van der Waals surface area contributed by atoms with Gasteiger partial charge in [-0.05, 0) is 26.0 Å². The zero-order valence-electron chi connectivity index (χ0n) is 7.05. The molecule has 1 aliphatic rings. The Morgan fingerprint density at radius 2 is 2.18 bits per heavy atom. The number of hydrogen-bond acceptors (Lipinski definition) is 2. The molecule has 0 radical (unpaired) electrons. The number of Topliss-reactive ketones (excluding diaryl/α,β-unsaturated/α-hetero) is 1. The Kier molecular flexibility index (Phi) is 1.85. The van der Waals surface area contributed by atoms with Crippen molar-refractivity contribution in [3.8, 4) is 0 Å². The summed E-state index contributed by atoms with van der Waals surface area (Å²) in [7, 11) is 0. The molecule has 0 amide bonds. The van der Waals surface area contributed by atoms with Crippen LogP contribution in [0.4, 0.5) is 0 Å². The Labute approximate surface area is 66.5 Å². The molecule has 0 bridgehead atoms. The van der Waals surface area contributed by atoms with Crippen LogP contribution in [0.3, 0.4) is 0 Å². The molecule has 0 aliphatic carbocycles. The Bertz CT molecular complexity index is 234. The summed E-state index contributed by atoms with van der Waals surface area (Å²) >= 11 is 0. The molecule has 0 aromatic carbocycles. The van der Waals surface area contributed by atoms with E-state index in [1.54, 1.807) is 6.08 Å². The van der Waals surface area contributed by atoms with Crippen LogP contribution >= 0.6 is 0 Å². The van der Waals surface area contributed by atoms with Gasteiger partial charge in [-0.1, -0.05) is 6.08 Å². The molecule has 0 aromatic rings. The maximum Gasteiger partial charge on any atom is 0.194 e. The Hall–Kier alpha value is -1.05. The van der Waals surface area contributed by atoms with Gasteiger partial charge < -0.3 is 4.74 Å². The van der Waals surface area contributed by atoms with Gasteiger partial charge in [-0.3, -0.25) is 4.79 Å². The van der Waals surface area contributed by atoms with E-state index in [0.717, 1.165) is 0 Å². The van der Waals surface area contributed by atoms with Gasteiger partial charge in [-0.2, -0.15) is 0 Å². The van der Waals surface area contributed by atoms with E-state index < -0.39 is 0 Å². The van der Waals surface area contributed by atoms with Crippen molar-refractivity contribution in [1.82, 2.24) is 0 Å². The van der Waals surface area contributed by atoms with Crippen LogP contribution in [0, 0.1) is 0 Å². The molecule has 2 nitrogen and oxygen atoms in total. The molecule has 2 heteroatoms. The number of ether oxygens (including phenoxy) is 1. The third kappa shape index (κ3) is 1.93. The molecule has 11 heavy (non-hydrogen) atoms. The molecule has 0 atom stereocenters. The van der Waals surface area contributed by atoms with E-state index in [4.69, 9.17) is 4.74 Å². The zero-order chi connectivity index (χ0) is 8.48. The fourth-order valence-corrected chi connectivity index (χ4v) is 0.908. The van der Waals surface area contributed by atoms with Crippen LogP contribution in [0.2, 0.25) is 0 Å². The first kappa shape index (κ1) is 8.05. The molecule has 0 saturated heterocycles. The summed E-state index contributed by atoms with van der Waals surface area (Å²) in [5.74, 6) is 0.417. The second kappa shape index (κ2) is 2.53. The van der Waals surface area contributed by atoms with Crippen molar-refractivity contribution in [3.05, 3.63) is 24.0 Å². The second-order valence-corrected chi connectivity index (χ2v) is 3.15.